The van der Waals surface area contributed by atoms with Gasteiger partial charge in [-0.1, -0.05) is 29.8 Å². The van der Waals surface area contributed by atoms with Gasteiger partial charge in [-0.25, -0.2) is 0 Å². The Labute approximate surface area is 142 Å². The molecule has 1 aliphatic rings. The molecule has 2 aromatic rings. The van der Waals surface area contributed by atoms with Crippen LogP contribution >= 0.6 is 0 Å². The molecule has 1 aliphatic heterocycles. The topological polar surface area (TPSA) is 62.5 Å². The molecule has 1 saturated heterocycles. The Morgan fingerprint density at radius 2 is 2.12 bits per heavy atom. The van der Waals surface area contributed by atoms with Crippen molar-refractivity contribution >= 4 is 5.91 Å². The van der Waals surface area contributed by atoms with Gasteiger partial charge in [-0.2, -0.15) is 4.98 Å². The molecule has 0 N–H and O–H groups in total. The van der Waals surface area contributed by atoms with Gasteiger partial charge < -0.3 is 9.42 Å². The second kappa shape index (κ2) is 7.57. The number of aryl methyl sites for hydroxylation is 2. The fraction of sp³-hybridized carbons (Fsp3) is 0.500. The molecule has 1 amide bonds. The number of rotatable bonds is 4. The Balaban J connectivity index is 1.59. The lowest BCUT2D eigenvalue weighted by Gasteiger charge is -2.21. The number of amides is 1. The smallest absolute Gasteiger partial charge is 0.253 e. The zero-order valence-electron chi connectivity index (χ0n) is 14.4. The normalized spacial score (nSPS) is 16.2. The highest BCUT2D eigenvalue weighted by Crippen LogP contribution is 2.12. The second-order valence-electron chi connectivity index (χ2n) is 6.25. The molecular formula is C18H24N4O2. The maximum atomic E-state index is 12.7. The molecule has 0 aliphatic carbocycles. The lowest BCUT2D eigenvalue weighted by Crippen LogP contribution is -2.35. The average molecular weight is 328 g/mol. The van der Waals surface area contributed by atoms with Gasteiger partial charge in [-0.3, -0.25) is 9.69 Å². The third kappa shape index (κ3) is 4.00. The molecular weight excluding hydrogens is 304 g/mol. The zero-order chi connectivity index (χ0) is 16.9. The van der Waals surface area contributed by atoms with E-state index in [0.717, 1.165) is 56.0 Å². The summed E-state index contributed by atoms with van der Waals surface area (Å²) in [5.74, 6) is 1.52. The zero-order valence-corrected chi connectivity index (χ0v) is 14.4. The van der Waals surface area contributed by atoms with Crippen LogP contribution in [0.3, 0.4) is 0 Å². The van der Waals surface area contributed by atoms with Crippen molar-refractivity contribution in [3.05, 3.63) is 47.1 Å². The number of nitrogens with zero attached hydrogens (tertiary/aromatic N) is 4. The summed E-state index contributed by atoms with van der Waals surface area (Å²) in [6.45, 7) is 7.93. The standard InChI is InChI=1S/C18H24N4O2/c1-3-16-19-17(24-20-16)13-21-8-5-9-22(11-10-21)18(23)15-7-4-6-14(2)12-15/h4,6-7,12H,3,5,8-11,13H2,1-2H3. The van der Waals surface area contributed by atoms with Gasteiger partial charge in [0.2, 0.25) is 5.89 Å². The first-order valence-corrected chi connectivity index (χ1v) is 8.55. The van der Waals surface area contributed by atoms with E-state index in [1.165, 1.54) is 0 Å². The molecule has 6 nitrogen and oxygen atoms in total. The molecule has 6 heteroatoms. The highest BCUT2D eigenvalue weighted by Gasteiger charge is 2.21. The molecule has 3 rings (SSSR count). The van der Waals surface area contributed by atoms with Crippen LogP contribution in [0.1, 0.15) is 41.0 Å². The SMILES string of the molecule is CCc1noc(CN2CCCN(C(=O)c3cccc(C)c3)CC2)n1. The highest BCUT2D eigenvalue weighted by molar-refractivity contribution is 5.94. The highest BCUT2D eigenvalue weighted by atomic mass is 16.5. The van der Waals surface area contributed by atoms with E-state index in [-0.39, 0.29) is 5.91 Å². The Hall–Kier alpha value is -2.21. The minimum atomic E-state index is 0.117. The van der Waals surface area contributed by atoms with Gasteiger partial charge in [0.15, 0.2) is 5.82 Å². The second-order valence-corrected chi connectivity index (χ2v) is 6.25. The van der Waals surface area contributed by atoms with Gasteiger partial charge in [0, 0.05) is 38.2 Å². The third-order valence-corrected chi connectivity index (χ3v) is 4.33. The lowest BCUT2D eigenvalue weighted by molar-refractivity contribution is 0.0760. The summed E-state index contributed by atoms with van der Waals surface area (Å²) >= 11 is 0. The van der Waals surface area contributed by atoms with E-state index in [9.17, 15) is 4.79 Å². The van der Waals surface area contributed by atoms with Crippen molar-refractivity contribution < 1.29 is 9.32 Å². The van der Waals surface area contributed by atoms with E-state index in [2.05, 4.69) is 15.0 Å². The minimum absolute atomic E-state index is 0.117. The first-order valence-electron chi connectivity index (χ1n) is 8.55. The molecule has 0 atom stereocenters. The monoisotopic (exact) mass is 328 g/mol. The Morgan fingerprint density at radius 3 is 2.88 bits per heavy atom. The van der Waals surface area contributed by atoms with Crippen LogP contribution in [0.25, 0.3) is 0 Å². The van der Waals surface area contributed by atoms with Crippen molar-refractivity contribution in [2.24, 2.45) is 0 Å². The molecule has 0 saturated carbocycles. The first kappa shape index (κ1) is 16.6. The Bertz CT molecular complexity index is 698. The van der Waals surface area contributed by atoms with Crippen molar-refractivity contribution in [1.82, 2.24) is 19.9 Å². The predicted octanol–water partition coefficient (Wildman–Crippen LogP) is 2.29. The van der Waals surface area contributed by atoms with E-state index in [1.54, 1.807) is 0 Å². The van der Waals surface area contributed by atoms with Gasteiger partial charge in [0.25, 0.3) is 5.91 Å². The van der Waals surface area contributed by atoms with Gasteiger partial charge >= 0.3 is 0 Å². The van der Waals surface area contributed by atoms with Crippen LogP contribution < -0.4 is 0 Å². The average Bonchev–Trinajstić information content (AvgIpc) is 2.91. The van der Waals surface area contributed by atoms with Crippen LogP contribution in [0.2, 0.25) is 0 Å². The van der Waals surface area contributed by atoms with Crippen LogP contribution in [0, 0.1) is 6.92 Å². The molecule has 2 heterocycles. The quantitative estimate of drug-likeness (QED) is 0.862. The minimum Gasteiger partial charge on any atom is -0.338 e. The summed E-state index contributed by atoms with van der Waals surface area (Å²) < 4.78 is 5.27. The fourth-order valence-electron chi connectivity index (χ4n) is 2.98. The van der Waals surface area contributed by atoms with Crippen LogP contribution in [0.15, 0.2) is 28.8 Å². The van der Waals surface area contributed by atoms with Gasteiger partial charge in [-0.05, 0) is 25.5 Å². The summed E-state index contributed by atoms with van der Waals surface area (Å²) in [4.78, 5) is 21.3. The Morgan fingerprint density at radius 1 is 1.25 bits per heavy atom. The van der Waals surface area contributed by atoms with Crippen LogP contribution in [0.5, 0.6) is 0 Å². The van der Waals surface area contributed by atoms with Crippen molar-refractivity contribution in [3.8, 4) is 0 Å². The van der Waals surface area contributed by atoms with Crippen molar-refractivity contribution in [2.45, 2.75) is 33.2 Å². The molecule has 24 heavy (non-hydrogen) atoms. The molecule has 1 fully saturated rings. The van der Waals surface area contributed by atoms with Crippen molar-refractivity contribution in [1.29, 1.82) is 0 Å². The molecule has 0 unspecified atom stereocenters. The largest absolute Gasteiger partial charge is 0.338 e. The van der Waals surface area contributed by atoms with Gasteiger partial charge in [0.1, 0.15) is 0 Å². The van der Waals surface area contributed by atoms with Crippen molar-refractivity contribution in [3.63, 3.8) is 0 Å². The predicted molar refractivity (Wildman–Crippen MR) is 90.7 cm³/mol. The number of hydrogen-bond acceptors (Lipinski definition) is 5. The van der Waals surface area contributed by atoms with Crippen LogP contribution in [-0.4, -0.2) is 52.0 Å². The number of carbonyl (C=O) groups is 1. The number of aromatic nitrogens is 2. The van der Waals surface area contributed by atoms with E-state index in [1.807, 2.05) is 43.0 Å². The number of carbonyl (C=O) groups excluding carboxylic acids is 1. The van der Waals surface area contributed by atoms with Gasteiger partial charge in [0.05, 0.1) is 6.54 Å². The fourth-order valence-corrected chi connectivity index (χ4v) is 2.98. The van der Waals surface area contributed by atoms with E-state index < -0.39 is 0 Å². The Kier molecular flexibility index (Phi) is 5.25. The summed E-state index contributed by atoms with van der Waals surface area (Å²) in [6, 6.07) is 7.79. The van der Waals surface area contributed by atoms with Crippen molar-refractivity contribution in [2.75, 3.05) is 26.2 Å². The molecule has 1 aromatic carbocycles. The summed E-state index contributed by atoms with van der Waals surface area (Å²) in [7, 11) is 0. The molecule has 0 radical (unpaired) electrons. The number of benzene rings is 1. The molecule has 1 aromatic heterocycles. The number of hydrogen-bond donors (Lipinski definition) is 0. The van der Waals surface area contributed by atoms with Crippen LogP contribution in [-0.2, 0) is 13.0 Å². The van der Waals surface area contributed by atoms with E-state index in [4.69, 9.17) is 4.52 Å². The maximum absolute atomic E-state index is 12.7. The summed E-state index contributed by atoms with van der Waals surface area (Å²) in [6.07, 6.45) is 1.73. The first-order chi connectivity index (χ1) is 11.7. The summed E-state index contributed by atoms with van der Waals surface area (Å²) in [5, 5.41) is 3.94. The third-order valence-electron chi connectivity index (χ3n) is 4.33. The lowest BCUT2D eigenvalue weighted by atomic mass is 10.1. The van der Waals surface area contributed by atoms with Gasteiger partial charge in [-0.15, -0.1) is 0 Å². The summed E-state index contributed by atoms with van der Waals surface area (Å²) in [5.41, 5.74) is 1.88. The van der Waals surface area contributed by atoms with E-state index in [0.29, 0.717) is 12.4 Å². The van der Waals surface area contributed by atoms with E-state index >= 15 is 0 Å². The van der Waals surface area contributed by atoms with Crippen LogP contribution in [0.4, 0.5) is 0 Å². The molecule has 128 valence electrons. The molecule has 0 spiro atoms. The molecule has 0 bridgehead atoms. The maximum Gasteiger partial charge on any atom is 0.253 e.